The van der Waals surface area contributed by atoms with E-state index in [0.717, 1.165) is 17.7 Å². The first-order valence-corrected chi connectivity index (χ1v) is 10.4. The molecule has 4 aromatic rings. The molecule has 1 aliphatic rings. The van der Waals surface area contributed by atoms with Crippen molar-refractivity contribution in [3.8, 4) is 22.7 Å². The zero-order chi connectivity index (χ0) is 24.7. The van der Waals surface area contributed by atoms with Crippen molar-refractivity contribution in [1.29, 1.82) is 0 Å². The van der Waals surface area contributed by atoms with Gasteiger partial charge in [0, 0.05) is 28.9 Å². The van der Waals surface area contributed by atoms with Crippen LogP contribution in [0.5, 0.6) is 0 Å². The Bertz CT molecular complexity index is 1400. The molecule has 180 valence electrons. The summed E-state index contributed by atoms with van der Waals surface area (Å²) in [6, 6.07) is 7.32. The number of halogens is 4. The number of hydrogen-bond donors (Lipinski definition) is 1. The molecule has 1 amide bonds. The fraction of sp³-hybridized carbons (Fsp3) is 0.227. The van der Waals surface area contributed by atoms with Crippen molar-refractivity contribution >= 4 is 11.6 Å². The van der Waals surface area contributed by atoms with Crippen LogP contribution < -0.4 is 5.32 Å². The van der Waals surface area contributed by atoms with Gasteiger partial charge < -0.3 is 9.73 Å². The SMILES string of the molecule is CN1CC(=O)Nc2cc(-c3cn(Cc4c(F)cc(-c5nnc(C(F)F)o5)cc4F)nn3)ccc2C1. The van der Waals surface area contributed by atoms with Crippen LogP contribution in [-0.2, 0) is 17.9 Å². The number of hydrogen-bond acceptors (Lipinski definition) is 7. The molecule has 3 heterocycles. The number of rotatable bonds is 5. The highest BCUT2D eigenvalue weighted by Gasteiger charge is 2.21. The first kappa shape index (κ1) is 22.7. The van der Waals surface area contributed by atoms with Crippen molar-refractivity contribution in [3.63, 3.8) is 0 Å². The van der Waals surface area contributed by atoms with E-state index < -0.39 is 29.8 Å². The summed E-state index contributed by atoms with van der Waals surface area (Å²) in [5.41, 5.74) is 2.25. The molecule has 0 unspecified atom stereocenters. The molecule has 0 spiro atoms. The number of anilines is 1. The number of benzene rings is 2. The lowest BCUT2D eigenvalue weighted by Gasteiger charge is -2.11. The van der Waals surface area contributed by atoms with E-state index in [1.165, 1.54) is 10.9 Å². The summed E-state index contributed by atoms with van der Waals surface area (Å²) in [7, 11) is 1.85. The maximum atomic E-state index is 14.7. The molecule has 13 heteroatoms. The molecule has 0 saturated heterocycles. The molecule has 0 radical (unpaired) electrons. The molecule has 1 aliphatic heterocycles. The second-order valence-electron chi connectivity index (χ2n) is 8.06. The first-order chi connectivity index (χ1) is 16.8. The van der Waals surface area contributed by atoms with Crippen molar-refractivity contribution in [2.45, 2.75) is 19.5 Å². The topological polar surface area (TPSA) is 102 Å². The van der Waals surface area contributed by atoms with Crippen LogP contribution in [0.25, 0.3) is 22.7 Å². The fourth-order valence-electron chi connectivity index (χ4n) is 3.76. The molecule has 0 fully saturated rings. The second-order valence-corrected chi connectivity index (χ2v) is 8.06. The van der Waals surface area contributed by atoms with E-state index in [9.17, 15) is 22.4 Å². The molecular weight excluding hydrogens is 470 g/mol. The van der Waals surface area contributed by atoms with E-state index in [0.29, 0.717) is 23.5 Å². The summed E-state index contributed by atoms with van der Waals surface area (Å²) in [5, 5.41) is 17.4. The van der Waals surface area contributed by atoms with Gasteiger partial charge in [-0.25, -0.2) is 13.5 Å². The first-order valence-electron chi connectivity index (χ1n) is 10.4. The van der Waals surface area contributed by atoms with Crippen molar-refractivity contribution in [2.24, 2.45) is 0 Å². The van der Waals surface area contributed by atoms with Gasteiger partial charge in [-0.15, -0.1) is 15.3 Å². The summed E-state index contributed by atoms with van der Waals surface area (Å²) in [5.74, 6) is -3.37. The van der Waals surface area contributed by atoms with Gasteiger partial charge in [-0.1, -0.05) is 17.3 Å². The van der Waals surface area contributed by atoms with Gasteiger partial charge in [0.1, 0.15) is 17.3 Å². The summed E-state index contributed by atoms with van der Waals surface area (Å²) in [4.78, 5) is 13.9. The predicted molar refractivity (Wildman–Crippen MR) is 114 cm³/mol. The largest absolute Gasteiger partial charge is 0.415 e. The molecule has 0 aliphatic carbocycles. The van der Waals surface area contributed by atoms with Crippen LogP contribution in [0.2, 0.25) is 0 Å². The van der Waals surface area contributed by atoms with Gasteiger partial charge >= 0.3 is 6.43 Å². The number of fused-ring (bicyclic) bond motifs is 1. The third-order valence-corrected chi connectivity index (χ3v) is 5.41. The lowest BCUT2D eigenvalue weighted by atomic mass is 10.1. The standard InChI is InChI=1S/C22H17F4N7O2/c1-32-7-12-3-2-11(6-17(12)27-19(34)10-32)18-9-33(31-28-18)8-14-15(23)4-13(5-16(14)24)21-29-30-22(35-21)20(25)26/h2-6,9,20H,7-8,10H2,1H3,(H,27,34). The van der Waals surface area contributed by atoms with Crippen LogP contribution in [0.3, 0.4) is 0 Å². The van der Waals surface area contributed by atoms with Gasteiger partial charge in [0.2, 0.25) is 11.8 Å². The number of aromatic nitrogens is 5. The summed E-state index contributed by atoms with van der Waals surface area (Å²) >= 11 is 0. The van der Waals surface area contributed by atoms with Gasteiger partial charge in [-0.3, -0.25) is 9.69 Å². The van der Waals surface area contributed by atoms with Crippen molar-refractivity contribution < 1.29 is 26.8 Å². The Kier molecular flexibility index (Phi) is 5.76. The van der Waals surface area contributed by atoms with Crippen molar-refractivity contribution in [2.75, 3.05) is 18.9 Å². The molecule has 5 rings (SSSR count). The van der Waals surface area contributed by atoms with Crippen LogP contribution in [0.4, 0.5) is 23.2 Å². The number of likely N-dealkylation sites (N-methyl/N-ethyl adjacent to an activating group) is 1. The Morgan fingerprint density at radius 3 is 2.54 bits per heavy atom. The Labute approximate surface area is 195 Å². The minimum absolute atomic E-state index is 0.132. The second kappa shape index (κ2) is 8.91. The normalized spacial score (nSPS) is 14.2. The monoisotopic (exact) mass is 487 g/mol. The number of nitrogens with zero attached hydrogens (tertiary/aromatic N) is 6. The van der Waals surface area contributed by atoms with E-state index in [4.69, 9.17) is 4.42 Å². The van der Waals surface area contributed by atoms with Crippen LogP contribution in [0.15, 0.2) is 40.9 Å². The highest BCUT2D eigenvalue weighted by molar-refractivity contribution is 5.94. The van der Waals surface area contributed by atoms with Crippen LogP contribution >= 0.6 is 0 Å². The molecule has 35 heavy (non-hydrogen) atoms. The number of amides is 1. The van der Waals surface area contributed by atoms with Gasteiger partial charge in [0.05, 0.1) is 19.3 Å². The average Bonchev–Trinajstić information content (AvgIpc) is 3.44. The van der Waals surface area contributed by atoms with Crippen molar-refractivity contribution in [3.05, 3.63) is 65.2 Å². The molecule has 2 aromatic heterocycles. The Balaban J connectivity index is 1.38. The van der Waals surface area contributed by atoms with E-state index in [-0.39, 0.29) is 30.1 Å². The Morgan fingerprint density at radius 1 is 1.06 bits per heavy atom. The highest BCUT2D eigenvalue weighted by Crippen LogP contribution is 2.29. The molecule has 1 N–H and O–H groups in total. The average molecular weight is 487 g/mol. The summed E-state index contributed by atoms with van der Waals surface area (Å²) < 4.78 is 60.7. The van der Waals surface area contributed by atoms with Gasteiger partial charge in [0.25, 0.3) is 5.89 Å². The van der Waals surface area contributed by atoms with E-state index >= 15 is 0 Å². The third-order valence-electron chi connectivity index (χ3n) is 5.41. The molecule has 0 bridgehead atoms. The molecule has 0 saturated carbocycles. The van der Waals surface area contributed by atoms with E-state index in [1.54, 1.807) is 6.07 Å². The molecule has 2 aromatic carbocycles. The fourth-order valence-corrected chi connectivity index (χ4v) is 3.76. The third kappa shape index (κ3) is 4.62. The Hall–Kier alpha value is -4.13. The quantitative estimate of drug-likeness (QED) is 0.429. The van der Waals surface area contributed by atoms with Crippen LogP contribution in [0.1, 0.15) is 23.4 Å². The minimum atomic E-state index is -3.00. The predicted octanol–water partition coefficient (Wildman–Crippen LogP) is 3.64. The molecular formula is C22H17F4N7O2. The van der Waals surface area contributed by atoms with Gasteiger partial charge in [0.15, 0.2) is 0 Å². The lowest BCUT2D eigenvalue weighted by molar-refractivity contribution is -0.116. The highest BCUT2D eigenvalue weighted by atomic mass is 19.3. The number of alkyl halides is 2. The number of nitrogens with one attached hydrogen (secondary N) is 1. The van der Waals surface area contributed by atoms with Crippen molar-refractivity contribution in [1.82, 2.24) is 30.1 Å². The number of carbonyl (C=O) groups is 1. The van der Waals surface area contributed by atoms with Crippen LogP contribution in [-0.4, -0.2) is 49.6 Å². The summed E-state index contributed by atoms with van der Waals surface area (Å²) in [6.45, 7) is 0.599. The summed E-state index contributed by atoms with van der Waals surface area (Å²) in [6.07, 6.45) is -1.48. The maximum absolute atomic E-state index is 14.7. The minimum Gasteiger partial charge on any atom is -0.415 e. The lowest BCUT2D eigenvalue weighted by Crippen LogP contribution is -2.26. The van der Waals surface area contributed by atoms with Gasteiger partial charge in [-0.2, -0.15) is 8.78 Å². The van der Waals surface area contributed by atoms with E-state index in [1.807, 2.05) is 24.1 Å². The zero-order valence-electron chi connectivity index (χ0n) is 18.2. The number of carbonyl (C=O) groups excluding carboxylic acids is 1. The van der Waals surface area contributed by atoms with Gasteiger partial charge in [-0.05, 0) is 30.8 Å². The Morgan fingerprint density at radius 2 is 1.83 bits per heavy atom. The van der Waals surface area contributed by atoms with E-state index in [2.05, 4.69) is 25.8 Å². The zero-order valence-corrected chi connectivity index (χ0v) is 18.2. The maximum Gasteiger partial charge on any atom is 0.314 e. The van der Waals surface area contributed by atoms with Crippen LogP contribution in [0, 0.1) is 11.6 Å². The smallest absolute Gasteiger partial charge is 0.314 e. The molecule has 0 atom stereocenters. The molecule has 9 nitrogen and oxygen atoms in total.